The Kier molecular flexibility index (Phi) is 3.27. The molecule has 0 amide bonds. The molecule has 0 radical (unpaired) electrons. The van der Waals surface area contributed by atoms with Crippen molar-refractivity contribution in [1.29, 1.82) is 0 Å². The van der Waals surface area contributed by atoms with Gasteiger partial charge in [-0.3, -0.25) is 9.48 Å². The van der Waals surface area contributed by atoms with Gasteiger partial charge in [0.05, 0.1) is 19.9 Å². The molecule has 1 aromatic heterocycles. The van der Waals surface area contributed by atoms with Crippen LogP contribution < -0.4 is 5.73 Å². The molecule has 0 aliphatic heterocycles. The highest BCUT2D eigenvalue weighted by atomic mass is 16.5. The average molecular weight is 213 g/mol. The van der Waals surface area contributed by atoms with Crippen molar-refractivity contribution in [3.63, 3.8) is 0 Å². The van der Waals surface area contributed by atoms with Crippen LogP contribution in [0.5, 0.6) is 0 Å². The smallest absolute Gasteiger partial charge is 0.360 e. The van der Waals surface area contributed by atoms with E-state index in [1.807, 2.05) is 0 Å². The summed E-state index contributed by atoms with van der Waals surface area (Å²) in [5, 5.41) is 3.78. The van der Waals surface area contributed by atoms with E-state index in [4.69, 9.17) is 5.73 Å². The second-order valence-corrected chi connectivity index (χ2v) is 2.70. The second-order valence-electron chi connectivity index (χ2n) is 2.70. The molecule has 0 atom stereocenters. The minimum Gasteiger partial charge on any atom is -0.468 e. The number of nitrogens with two attached hydrogens (primary N) is 1. The van der Waals surface area contributed by atoms with Gasteiger partial charge in [0.25, 0.3) is 0 Å². The van der Waals surface area contributed by atoms with E-state index in [2.05, 4.69) is 14.6 Å². The highest BCUT2D eigenvalue weighted by Gasteiger charge is 2.16. The van der Waals surface area contributed by atoms with E-state index >= 15 is 0 Å². The number of hydrogen-bond acceptors (Lipinski definition) is 6. The van der Waals surface area contributed by atoms with Crippen molar-refractivity contribution < 1.29 is 19.1 Å². The summed E-state index contributed by atoms with van der Waals surface area (Å²) >= 11 is 0. The molecule has 0 saturated heterocycles. The van der Waals surface area contributed by atoms with Crippen molar-refractivity contribution in [1.82, 2.24) is 9.78 Å². The van der Waals surface area contributed by atoms with E-state index in [1.165, 1.54) is 25.1 Å². The molecule has 0 spiro atoms. The van der Waals surface area contributed by atoms with Crippen molar-refractivity contribution in [3.8, 4) is 0 Å². The number of esters is 2. The van der Waals surface area contributed by atoms with Crippen LogP contribution in [0.25, 0.3) is 0 Å². The molecule has 0 fully saturated rings. The molecular weight excluding hydrogens is 202 g/mol. The Bertz CT molecular complexity index is 385. The third-order valence-corrected chi connectivity index (χ3v) is 1.69. The molecule has 82 valence electrons. The van der Waals surface area contributed by atoms with Gasteiger partial charge in [-0.25, -0.2) is 4.79 Å². The summed E-state index contributed by atoms with van der Waals surface area (Å²) in [7, 11) is 2.48. The SMILES string of the molecule is COC(=O)Cn1cc(N)c(C(=O)OC)n1. The summed E-state index contributed by atoms with van der Waals surface area (Å²) < 4.78 is 10.1. The van der Waals surface area contributed by atoms with Crippen LogP contribution >= 0.6 is 0 Å². The lowest BCUT2D eigenvalue weighted by atomic mass is 10.4. The lowest BCUT2D eigenvalue weighted by Crippen LogP contribution is -2.13. The Hall–Kier alpha value is -2.05. The first kappa shape index (κ1) is 11.0. The molecule has 1 rings (SSSR count). The first-order valence-electron chi connectivity index (χ1n) is 4.06. The zero-order valence-electron chi connectivity index (χ0n) is 8.39. The Labute approximate surface area is 85.8 Å². The fourth-order valence-electron chi connectivity index (χ4n) is 0.970. The fourth-order valence-corrected chi connectivity index (χ4v) is 0.970. The van der Waals surface area contributed by atoms with Gasteiger partial charge in [-0.2, -0.15) is 5.10 Å². The summed E-state index contributed by atoms with van der Waals surface area (Å²) in [6.45, 7) is -0.0995. The first-order valence-corrected chi connectivity index (χ1v) is 4.06. The predicted molar refractivity (Wildman–Crippen MR) is 50.0 cm³/mol. The maximum absolute atomic E-state index is 11.1. The number of anilines is 1. The lowest BCUT2D eigenvalue weighted by Gasteiger charge is -1.98. The highest BCUT2D eigenvalue weighted by molar-refractivity contribution is 5.92. The zero-order chi connectivity index (χ0) is 11.4. The van der Waals surface area contributed by atoms with Crippen LogP contribution in [0.4, 0.5) is 5.69 Å². The number of aromatic nitrogens is 2. The molecular formula is C8H11N3O4. The van der Waals surface area contributed by atoms with E-state index < -0.39 is 11.9 Å². The molecule has 0 aromatic carbocycles. The minimum absolute atomic E-state index is 0.0126. The third kappa shape index (κ3) is 2.46. The number of carbonyl (C=O) groups is 2. The molecule has 0 bridgehead atoms. The molecule has 7 nitrogen and oxygen atoms in total. The summed E-state index contributed by atoms with van der Waals surface area (Å²) in [4.78, 5) is 22.0. The van der Waals surface area contributed by atoms with E-state index in [9.17, 15) is 9.59 Å². The van der Waals surface area contributed by atoms with Crippen LogP contribution in [0.2, 0.25) is 0 Å². The summed E-state index contributed by atoms with van der Waals surface area (Å²) in [6.07, 6.45) is 1.36. The number of hydrogen-bond donors (Lipinski definition) is 1. The van der Waals surface area contributed by atoms with Crippen LogP contribution in [0, 0.1) is 0 Å². The molecule has 0 saturated carbocycles. The summed E-state index contributed by atoms with van der Waals surface area (Å²) in [5.41, 5.74) is 5.64. The molecule has 0 aliphatic rings. The quantitative estimate of drug-likeness (QED) is 0.675. The first-order chi connectivity index (χ1) is 7.08. The van der Waals surface area contributed by atoms with Crippen LogP contribution in [0.3, 0.4) is 0 Å². The Morgan fingerprint density at radius 3 is 2.67 bits per heavy atom. The number of nitrogen functional groups attached to an aromatic ring is 1. The van der Waals surface area contributed by atoms with Gasteiger partial charge in [0.15, 0.2) is 5.69 Å². The highest BCUT2D eigenvalue weighted by Crippen LogP contribution is 2.09. The predicted octanol–water partition coefficient (Wildman–Crippen LogP) is -0.575. The van der Waals surface area contributed by atoms with Crippen LogP contribution in [0.1, 0.15) is 10.5 Å². The van der Waals surface area contributed by atoms with E-state index in [1.54, 1.807) is 0 Å². The topological polar surface area (TPSA) is 96.4 Å². The van der Waals surface area contributed by atoms with Crippen molar-refractivity contribution in [3.05, 3.63) is 11.9 Å². The van der Waals surface area contributed by atoms with E-state index in [0.29, 0.717) is 0 Å². The minimum atomic E-state index is -0.642. The van der Waals surface area contributed by atoms with Crippen LogP contribution in [-0.4, -0.2) is 35.9 Å². The van der Waals surface area contributed by atoms with Gasteiger partial charge >= 0.3 is 11.9 Å². The van der Waals surface area contributed by atoms with Gasteiger partial charge in [0, 0.05) is 6.20 Å². The number of nitrogens with zero attached hydrogens (tertiary/aromatic N) is 2. The maximum atomic E-state index is 11.1. The van der Waals surface area contributed by atoms with Gasteiger partial charge in [0.1, 0.15) is 6.54 Å². The summed E-state index contributed by atoms with van der Waals surface area (Å²) in [5.74, 6) is -1.12. The molecule has 15 heavy (non-hydrogen) atoms. The van der Waals surface area contributed by atoms with E-state index in [0.717, 1.165) is 0 Å². The van der Waals surface area contributed by atoms with Gasteiger partial charge in [0.2, 0.25) is 0 Å². The Balaban J connectivity index is 2.86. The lowest BCUT2D eigenvalue weighted by molar-refractivity contribution is -0.141. The van der Waals surface area contributed by atoms with E-state index in [-0.39, 0.29) is 17.9 Å². The number of ether oxygens (including phenoxy) is 2. The molecule has 1 aromatic rings. The standard InChI is InChI=1S/C8H11N3O4/c1-14-6(12)4-11-3-5(9)7(10-11)8(13)15-2/h3H,4,9H2,1-2H3. The van der Waals surface area contributed by atoms with Gasteiger partial charge < -0.3 is 15.2 Å². The molecule has 7 heteroatoms. The summed E-state index contributed by atoms with van der Waals surface area (Å²) in [6, 6.07) is 0. The number of methoxy groups -OCH3 is 2. The monoisotopic (exact) mass is 213 g/mol. The molecule has 2 N–H and O–H groups in total. The third-order valence-electron chi connectivity index (χ3n) is 1.69. The fraction of sp³-hybridized carbons (Fsp3) is 0.375. The second kappa shape index (κ2) is 4.45. The average Bonchev–Trinajstić information content (AvgIpc) is 2.58. The van der Waals surface area contributed by atoms with Gasteiger partial charge in [-0.15, -0.1) is 0 Å². The van der Waals surface area contributed by atoms with Crippen LogP contribution in [0.15, 0.2) is 6.20 Å². The van der Waals surface area contributed by atoms with Gasteiger partial charge in [-0.05, 0) is 0 Å². The van der Waals surface area contributed by atoms with Crippen molar-refractivity contribution in [2.45, 2.75) is 6.54 Å². The van der Waals surface area contributed by atoms with Crippen molar-refractivity contribution in [2.75, 3.05) is 20.0 Å². The maximum Gasteiger partial charge on any atom is 0.360 e. The number of carbonyl (C=O) groups excluding carboxylic acids is 2. The van der Waals surface area contributed by atoms with Crippen molar-refractivity contribution in [2.24, 2.45) is 0 Å². The largest absolute Gasteiger partial charge is 0.468 e. The molecule has 0 unspecified atom stereocenters. The van der Waals surface area contributed by atoms with Crippen molar-refractivity contribution >= 4 is 17.6 Å². The molecule has 1 heterocycles. The normalized spacial score (nSPS) is 9.73. The Morgan fingerprint density at radius 2 is 2.13 bits per heavy atom. The zero-order valence-corrected chi connectivity index (χ0v) is 8.39. The van der Waals surface area contributed by atoms with Crippen LogP contribution in [-0.2, 0) is 20.8 Å². The number of rotatable bonds is 3. The Morgan fingerprint density at radius 1 is 1.47 bits per heavy atom. The molecule has 0 aliphatic carbocycles. The van der Waals surface area contributed by atoms with Gasteiger partial charge in [-0.1, -0.05) is 0 Å².